The van der Waals surface area contributed by atoms with Crippen LogP contribution in [-0.4, -0.2) is 20.9 Å². The van der Waals surface area contributed by atoms with Gasteiger partial charge in [0.15, 0.2) is 0 Å². The number of anilines is 1. The van der Waals surface area contributed by atoms with Crippen molar-refractivity contribution < 1.29 is 9.90 Å². The van der Waals surface area contributed by atoms with Crippen molar-refractivity contribution in [3.63, 3.8) is 0 Å². The quantitative estimate of drug-likeness (QED) is 0.860. The molecule has 0 bridgehead atoms. The number of aromatic carboxylic acids is 1. The lowest BCUT2D eigenvalue weighted by Gasteiger charge is -2.04. The fraction of sp³-hybridized carbons (Fsp3) is 0.231. The Balaban J connectivity index is 2.38. The number of hydrogen-bond donors (Lipinski definition) is 2. The molecule has 94 valence electrons. The number of nitrogens with two attached hydrogens (primary N) is 1. The Bertz CT molecular complexity index is 561. The zero-order valence-electron chi connectivity index (χ0n) is 10.1. The van der Waals surface area contributed by atoms with E-state index in [2.05, 4.69) is 5.10 Å². The second-order valence-electron chi connectivity index (χ2n) is 4.01. The van der Waals surface area contributed by atoms with Crippen molar-refractivity contribution in [1.29, 1.82) is 0 Å². The minimum atomic E-state index is -1.02. The maximum atomic E-state index is 11.1. The average molecular weight is 245 g/mol. The maximum absolute atomic E-state index is 11.1. The van der Waals surface area contributed by atoms with Crippen LogP contribution in [0.5, 0.6) is 0 Å². The summed E-state index contributed by atoms with van der Waals surface area (Å²) in [6.45, 7) is 2.34. The second-order valence-corrected chi connectivity index (χ2v) is 4.01. The van der Waals surface area contributed by atoms with Crippen LogP contribution in [0.4, 0.5) is 5.82 Å². The van der Waals surface area contributed by atoms with Gasteiger partial charge in [-0.25, -0.2) is 9.48 Å². The van der Waals surface area contributed by atoms with Crippen LogP contribution in [0.25, 0.3) is 0 Å². The molecule has 0 amide bonds. The van der Waals surface area contributed by atoms with E-state index in [4.69, 9.17) is 10.8 Å². The predicted octanol–water partition coefficient (Wildman–Crippen LogP) is 1.77. The molecule has 0 radical (unpaired) electrons. The van der Waals surface area contributed by atoms with Gasteiger partial charge in [0, 0.05) is 0 Å². The predicted molar refractivity (Wildman–Crippen MR) is 68.5 cm³/mol. The third kappa shape index (κ3) is 2.20. The Hall–Kier alpha value is -2.30. The monoisotopic (exact) mass is 245 g/mol. The number of rotatable bonds is 4. The zero-order chi connectivity index (χ0) is 13.1. The van der Waals surface area contributed by atoms with Gasteiger partial charge in [-0.3, -0.25) is 0 Å². The average Bonchev–Trinajstić information content (AvgIpc) is 2.67. The van der Waals surface area contributed by atoms with Crippen LogP contribution in [0.1, 0.15) is 28.5 Å². The number of carbonyl (C=O) groups is 1. The van der Waals surface area contributed by atoms with E-state index in [1.165, 1.54) is 4.68 Å². The van der Waals surface area contributed by atoms with E-state index in [9.17, 15) is 4.79 Å². The highest BCUT2D eigenvalue weighted by molar-refractivity contribution is 5.94. The van der Waals surface area contributed by atoms with E-state index < -0.39 is 5.97 Å². The molecule has 0 spiro atoms. The molecule has 0 atom stereocenters. The lowest BCUT2D eigenvalue weighted by molar-refractivity contribution is 0.0697. The van der Waals surface area contributed by atoms with E-state index >= 15 is 0 Å². The van der Waals surface area contributed by atoms with Gasteiger partial charge < -0.3 is 10.8 Å². The SMILES string of the molecule is CCc1nn(Cc2ccccc2)c(N)c1C(=O)O. The Kier molecular flexibility index (Phi) is 3.32. The van der Waals surface area contributed by atoms with Crippen molar-refractivity contribution in [2.75, 3.05) is 5.73 Å². The largest absolute Gasteiger partial charge is 0.477 e. The lowest BCUT2D eigenvalue weighted by atomic mass is 10.2. The first kappa shape index (κ1) is 12.2. The van der Waals surface area contributed by atoms with Gasteiger partial charge in [-0.1, -0.05) is 37.3 Å². The van der Waals surface area contributed by atoms with Crippen LogP contribution in [0.2, 0.25) is 0 Å². The fourth-order valence-electron chi connectivity index (χ4n) is 1.88. The number of hydrogen-bond acceptors (Lipinski definition) is 3. The Morgan fingerprint density at radius 3 is 2.56 bits per heavy atom. The summed E-state index contributed by atoms with van der Waals surface area (Å²) in [6.07, 6.45) is 0.549. The zero-order valence-corrected chi connectivity index (χ0v) is 10.1. The van der Waals surface area contributed by atoms with Gasteiger partial charge in [-0.05, 0) is 12.0 Å². The molecule has 0 fully saturated rings. The molecule has 1 aromatic carbocycles. The van der Waals surface area contributed by atoms with E-state index in [0.717, 1.165) is 5.56 Å². The smallest absolute Gasteiger partial charge is 0.341 e. The molecule has 0 saturated heterocycles. The van der Waals surface area contributed by atoms with Gasteiger partial charge in [0.25, 0.3) is 0 Å². The summed E-state index contributed by atoms with van der Waals surface area (Å²) in [6, 6.07) is 9.68. The van der Waals surface area contributed by atoms with Gasteiger partial charge in [0.2, 0.25) is 0 Å². The topological polar surface area (TPSA) is 81.1 Å². The normalized spacial score (nSPS) is 10.5. The first-order valence-corrected chi connectivity index (χ1v) is 5.75. The molecule has 0 aliphatic heterocycles. The van der Waals surface area contributed by atoms with Crippen molar-refractivity contribution in [3.8, 4) is 0 Å². The summed E-state index contributed by atoms with van der Waals surface area (Å²) >= 11 is 0. The van der Waals surface area contributed by atoms with Crippen molar-refractivity contribution in [2.24, 2.45) is 0 Å². The molecule has 0 unspecified atom stereocenters. The summed E-state index contributed by atoms with van der Waals surface area (Å²) in [5.41, 5.74) is 7.52. The summed E-state index contributed by atoms with van der Waals surface area (Å²) in [5, 5.41) is 13.4. The molecule has 5 heteroatoms. The molecule has 3 N–H and O–H groups in total. The summed E-state index contributed by atoms with van der Waals surface area (Å²) in [4.78, 5) is 11.1. The second kappa shape index (κ2) is 4.91. The number of carboxylic acid groups (broad SMARTS) is 1. The Labute approximate surface area is 105 Å². The number of aryl methyl sites for hydroxylation is 1. The van der Waals surface area contributed by atoms with E-state index in [-0.39, 0.29) is 11.4 Å². The van der Waals surface area contributed by atoms with Gasteiger partial charge in [0.1, 0.15) is 11.4 Å². The van der Waals surface area contributed by atoms with Gasteiger partial charge in [-0.15, -0.1) is 0 Å². The first-order chi connectivity index (χ1) is 8.63. The maximum Gasteiger partial charge on any atom is 0.341 e. The summed E-state index contributed by atoms with van der Waals surface area (Å²) in [5.74, 6) is -0.813. The van der Waals surface area contributed by atoms with Gasteiger partial charge in [0.05, 0.1) is 12.2 Å². The van der Waals surface area contributed by atoms with Crippen molar-refractivity contribution >= 4 is 11.8 Å². The molecule has 0 aliphatic carbocycles. The van der Waals surface area contributed by atoms with Crippen molar-refractivity contribution in [3.05, 3.63) is 47.2 Å². The minimum absolute atomic E-state index is 0.119. The number of nitrogens with zero attached hydrogens (tertiary/aromatic N) is 2. The molecular formula is C13H15N3O2. The summed E-state index contributed by atoms with van der Waals surface area (Å²) < 4.78 is 1.54. The van der Waals surface area contributed by atoms with Crippen LogP contribution in [-0.2, 0) is 13.0 Å². The van der Waals surface area contributed by atoms with Crippen molar-refractivity contribution in [1.82, 2.24) is 9.78 Å². The molecule has 1 aromatic heterocycles. The molecule has 18 heavy (non-hydrogen) atoms. The number of carboxylic acids is 1. The van der Waals surface area contributed by atoms with E-state index in [1.54, 1.807) is 0 Å². The number of aromatic nitrogens is 2. The Morgan fingerprint density at radius 2 is 2.06 bits per heavy atom. The van der Waals surface area contributed by atoms with Crippen LogP contribution < -0.4 is 5.73 Å². The number of benzene rings is 1. The van der Waals surface area contributed by atoms with E-state index in [0.29, 0.717) is 18.7 Å². The third-order valence-electron chi connectivity index (χ3n) is 2.79. The first-order valence-electron chi connectivity index (χ1n) is 5.75. The molecule has 1 heterocycles. The standard InChI is InChI=1S/C13H15N3O2/c1-2-10-11(13(17)18)12(14)16(15-10)8-9-6-4-3-5-7-9/h3-7H,2,8,14H2,1H3,(H,17,18). The summed E-state index contributed by atoms with van der Waals surface area (Å²) in [7, 11) is 0. The lowest BCUT2D eigenvalue weighted by Crippen LogP contribution is -2.08. The van der Waals surface area contributed by atoms with Crippen LogP contribution in [0.15, 0.2) is 30.3 Å². The molecule has 5 nitrogen and oxygen atoms in total. The highest BCUT2D eigenvalue weighted by atomic mass is 16.4. The van der Waals surface area contributed by atoms with Crippen LogP contribution >= 0.6 is 0 Å². The highest BCUT2D eigenvalue weighted by Gasteiger charge is 2.20. The van der Waals surface area contributed by atoms with Gasteiger partial charge in [-0.2, -0.15) is 5.10 Å². The Morgan fingerprint density at radius 1 is 1.39 bits per heavy atom. The number of nitrogen functional groups attached to an aromatic ring is 1. The van der Waals surface area contributed by atoms with Crippen LogP contribution in [0, 0.1) is 0 Å². The molecule has 2 aromatic rings. The molecule has 0 saturated carbocycles. The van der Waals surface area contributed by atoms with Crippen LogP contribution in [0.3, 0.4) is 0 Å². The van der Waals surface area contributed by atoms with E-state index in [1.807, 2.05) is 37.3 Å². The molecular weight excluding hydrogens is 230 g/mol. The third-order valence-corrected chi connectivity index (χ3v) is 2.79. The highest BCUT2D eigenvalue weighted by Crippen LogP contribution is 2.18. The van der Waals surface area contributed by atoms with Crippen molar-refractivity contribution in [2.45, 2.75) is 19.9 Å². The fourth-order valence-corrected chi connectivity index (χ4v) is 1.88. The minimum Gasteiger partial charge on any atom is -0.477 e. The molecule has 0 aliphatic rings. The van der Waals surface area contributed by atoms with Gasteiger partial charge >= 0.3 is 5.97 Å². The molecule has 2 rings (SSSR count).